The molecule has 0 spiro atoms. The molecule has 2 rings (SSSR count). The lowest BCUT2D eigenvalue weighted by molar-refractivity contribution is -0.137. The Hall–Kier alpha value is -2.02. The molecule has 0 aliphatic heterocycles. The predicted molar refractivity (Wildman–Crippen MR) is 89.3 cm³/mol. The summed E-state index contributed by atoms with van der Waals surface area (Å²) in [4.78, 5) is 13.5. The molecule has 0 fully saturated rings. The standard InChI is InChI=1S/C17H16BrF3N2O/c1-23(11-12-5-7-15(18)8-6-12)16(24)22-10-13-3-2-4-14(9-13)17(19,20)21/h2-9H,10-11H2,1H3,(H,22,24). The van der Waals surface area contributed by atoms with Crippen molar-refractivity contribution in [2.24, 2.45) is 0 Å². The molecule has 0 aliphatic rings. The molecule has 2 aromatic rings. The quantitative estimate of drug-likeness (QED) is 0.784. The SMILES string of the molecule is CN(Cc1ccc(Br)cc1)C(=O)NCc1cccc(C(F)(F)F)c1. The van der Waals surface area contributed by atoms with E-state index in [9.17, 15) is 18.0 Å². The van der Waals surface area contributed by atoms with Crippen LogP contribution in [0.2, 0.25) is 0 Å². The monoisotopic (exact) mass is 400 g/mol. The first kappa shape index (κ1) is 18.3. The number of hydrogen-bond acceptors (Lipinski definition) is 1. The number of carbonyl (C=O) groups excluding carboxylic acids is 1. The van der Waals surface area contributed by atoms with Gasteiger partial charge in [0.1, 0.15) is 0 Å². The van der Waals surface area contributed by atoms with Gasteiger partial charge in [-0.1, -0.05) is 40.2 Å². The summed E-state index contributed by atoms with van der Waals surface area (Å²) in [5.41, 5.74) is 0.627. The third-order valence-corrected chi connectivity index (χ3v) is 3.91. The smallest absolute Gasteiger partial charge is 0.334 e. The fraction of sp³-hybridized carbons (Fsp3) is 0.235. The van der Waals surface area contributed by atoms with E-state index in [1.165, 1.54) is 11.0 Å². The van der Waals surface area contributed by atoms with Gasteiger partial charge in [-0.3, -0.25) is 0 Å². The van der Waals surface area contributed by atoms with Crippen LogP contribution in [-0.4, -0.2) is 18.0 Å². The second-order valence-corrected chi connectivity index (χ2v) is 6.26. The Kier molecular flexibility index (Phi) is 5.88. The molecule has 0 atom stereocenters. The molecule has 0 saturated heterocycles. The van der Waals surface area contributed by atoms with Gasteiger partial charge in [0.05, 0.1) is 5.56 Å². The van der Waals surface area contributed by atoms with Crippen LogP contribution >= 0.6 is 15.9 Å². The van der Waals surface area contributed by atoms with Gasteiger partial charge < -0.3 is 10.2 Å². The van der Waals surface area contributed by atoms with Gasteiger partial charge in [0.2, 0.25) is 0 Å². The summed E-state index contributed by atoms with van der Waals surface area (Å²) in [5.74, 6) is 0. The highest BCUT2D eigenvalue weighted by Gasteiger charge is 2.30. The van der Waals surface area contributed by atoms with E-state index in [0.29, 0.717) is 12.1 Å². The van der Waals surface area contributed by atoms with Crippen LogP contribution in [0.4, 0.5) is 18.0 Å². The highest BCUT2D eigenvalue weighted by molar-refractivity contribution is 9.10. The molecule has 3 nitrogen and oxygen atoms in total. The van der Waals surface area contributed by atoms with Crippen LogP contribution in [0, 0.1) is 0 Å². The van der Waals surface area contributed by atoms with E-state index in [4.69, 9.17) is 0 Å². The van der Waals surface area contributed by atoms with Gasteiger partial charge in [-0.05, 0) is 35.4 Å². The lowest BCUT2D eigenvalue weighted by atomic mass is 10.1. The number of halogens is 4. The van der Waals surface area contributed by atoms with Crippen molar-refractivity contribution in [1.29, 1.82) is 0 Å². The van der Waals surface area contributed by atoms with Crippen LogP contribution in [0.5, 0.6) is 0 Å². The van der Waals surface area contributed by atoms with Crippen molar-refractivity contribution in [2.45, 2.75) is 19.3 Å². The molecule has 0 saturated carbocycles. The summed E-state index contributed by atoms with van der Waals surface area (Å²) < 4.78 is 38.9. The Bertz CT molecular complexity index is 702. The van der Waals surface area contributed by atoms with Gasteiger partial charge in [-0.2, -0.15) is 13.2 Å². The molecule has 0 bridgehead atoms. The molecule has 0 aromatic heterocycles. The Labute approximate surface area is 146 Å². The normalized spacial score (nSPS) is 11.2. The summed E-state index contributed by atoms with van der Waals surface area (Å²) in [6.45, 7) is 0.440. The first-order valence-corrected chi connectivity index (χ1v) is 7.94. The maximum absolute atomic E-state index is 12.7. The van der Waals surface area contributed by atoms with Crippen LogP contribution in [0.25, 0.3) is 0 Å². The zero-order chi connectivity index (χ0) is 17.7. The van der Waals surface area contributed by atoms with Crippen molar-refractivity contribution in [3.8, 4) is 0 Å². The summed E-state index contributed by atoms with van der Waals surface area (Å²) in [5, 5.41) is 2.62. The lowest BCUT2D eigenvalue weighted by Gasteiger charge is -2.18. The van der Waals surface area contributed by atoms with Gasteiger partial charge >= 0.3 is 12.2 Å². The Morgan fingerprint density at radius 1 is 1.12 bits per heavy atom. The number of urea groups is 1. The van der Waals surface area contributed by atoms with Gasteiger partial charge in [0.25, 0.3) is 0 Å². The van der Waals surface area contributed by atoms with Crippen LogP contribution in [0.1, 0.15) is 16.7 Å². The van der Waals surface area contributed by atoms with E-state index in [2.05, 4.69) is 21.2 Å². The third kappa shape index (κ3) is 5.26. The van der Waals surface area contributed by atoms with Gasteiger partial charge in [-0.25, -0.2) is 4.79 Å². The number of hydrogen-bond donors (Lipinski definition) is 1. The van der Waals surface area contributed by atoms with Crippen molar-refractivity contribution in [3.63, 3.8) is 0 Å². The second kappa shape index (κ2) is 7.70. The molecule has 0 aliphatic carbocycles. The highest BCUT2D eigenvalue weighted by atomic mass is 79.9. The molecule has 7 heteroatoms. The number of rotatable bonds is 4. The van der Waals surface area contributed by atoms with E-state index in [0.717, 1.165) is 22.2 Å². The van der Waals surface area contributed by atoms with Crippen molar-refractivity contribution < 1.29 is 18.0 Å². The minimum Gasteiger partial charge on any atom is -0.334 e. The van der Waals surface area contributed by atoms with Gasteiger partial charge in [0.15, 0.2) is 0 Å². The van der Waals surface area contributed by atoms with Crippen molar-refractivity contribution in [1.82, 2.24) is 10.2 Å². The molecule has 0 radical (unpaired) electrons. The number of nitrogens with zero attached hydrogens (tertiary/aromatic N) is 1. The summed E-state index contributed by atoms with van der Waals surface area (Å²) in [6.07, 6.45) is -4.39. The zero-order valence-corrected chi connectivity index (χ0v) is 14.5. The highest BCUT2D eigenvalue weighted by Crippen LogP contribution is 2.29. The molecule has 1 N–H and O–H groups in total. The van der Waals surface area contributed by atoms with E-state index >= 15 is 0 Å². The summed E-state index contributed by atoms with van der Waals surface area (Å²) in [7, 11) is 1.63. The van der Waals surface area contributed by atoms with E-state index in [1.54, 1.807) is 13.1 Å². The molecular formula is C17H16BrF3N2O. The van der Waals surface area contributed by atoms with Crippen molar-refractivity contribution in [2.75, 3.05) is 7.05 Å². The number of carbonyl (C=O) groups is 1. The van der Waals surface area contributed by atoms with Crippen molar-refractivity contribution >= 4 is 22.0 Å². The average Bonchev–Trinajstić information content (AvgIpc) is 2.54. The first-order valence-electron chi connectivity index (χ1n) is 7.15. The fourth-order valence-electron chi connectivity index (χ4n) is 2.11. The predicted octanol–water partition coefficient (Wildman–Crippen LogP) is 4.81. The second-order valence-electron chi connectivity index (χ2n) is 5.34. The molecule has 24 heavy (non-hydrogen) atoms. The van der Waals surface area contributed by atoms with Gasteiger partial charge in [-0.15, -0.1) is 0 Å². The van der Waals surface area contributed by atoms with E-state index < -0.39 is 11.7 Å². The summed E-state index contributed by atoms with van der Waals surface area (Å²) >= 11 is 3.34. The zero-order valence-electron chi connectivity index (χ0n) is 12.9. The van der Waals surface area contributed by atoms with E-state index in [-0.39, 0.29) is 12.6 Å². The van der Waals surface area contributed by atoms with Crippen LogP contribution < -0.4 is 5.32 Å². The summed E-state index contributed by atoms with van der Waals surface area (Å²) in [6, 6.07) is 12.1. The number of benzene rings is 2. The Morgan fingerprint density at radius 3 is 2.42 bits per heavy atom. The van der Waals surface area contributed by atoms with Gasteiger partial charge in [0, 0.05) is 24.6 Å². The van der Waals surface area contributed by atoms with Crippen molar-refractivity contribution in [3.05, 3.63) is 69.7 Å². The first-order chi connectivity index (χ1) is 11.3. The maximum atomic E-state index is 12.7. The van der Waals surface area contributed by atoms with Crippen LogP contribution in [0.15, 0.2) is 53.0 Å². The van der Waals surface area contributed by atoms with Crippen LogP contribution in [0.3, 0.4) is 0 Å². The van der Waals surface area contributed by atoms with Crippen LogP contribution in [-0.2, 0) is 19.3 Å². The Morgan fingerprint density at radius 2 is 1.79 bits per heavy atom. The fourth-order valence-corrected chi connectivity index (χ4v) is 2.37. The molecular weight excluding hydrogens is 385 g/mol. The Balaban J connectivity index is 1.91. The largest absolute Gasteiger partial charge is 0.416 e. The lowest BCUT2D eigenvalue weighted by Crippen LogP contribution is -2.36. The average molecular weight is 401 g/mol. The number of amides is 2. The third-order valence-electron chi connectivity index (χ3n) is 3.38. The minimum absolute atomic E-state index is 0.0351. The molecule has 128 valence electrons. The number of alkyl halides is 3. The number of nitrogens with one attached hydrogen (secondary N) is 1. The van der Waals surface area contributed by atoms with E-state index in [1.807, 2.05) is 24.3 Å². The molecule has 2 amide bonds. The maximum Gasteiger partial charge on any atom is 0.416 e. The molecule has 0 unspecified atom stereocenters. The molecule has 0 heterocycles. The topological polar surface area (TPSA) is 32.3 Å². The minimum atomic E-state index is -4.39. The molecule has 2 aromatic carbocycles.